The average molecular weight is 429 g/mol. The van der Waals surface area contributed by atoms with Gasteiger partial charge in [-0.2, -0.15) is 0 Å². The van der Waals surface area contributed by atoms with E-state index in [2.05, 4.69) is 4.72 Å². The topological polar surface area (TPSA) is 84.9 Å². The number of ether oxygens (including phenoxy) is 2. The lowest BCUT2D eigenvalue weighted by Crippen LogP contribution is -2.42. The van der Waals surface area contributed by atoms with Crippen LogP contribution in [0.2, 0.25) is 0 Å². The van der Waals surface area contributed by atoms with Crippen LogP contribution in [-0.2, 0) is 27.8 Å². The van der Waals surface area contributed by atoms with Gasteiger partial charge in [0.2, 0.25) is 22.7 Å². The fourth-order valence-corrected chi connectivity index (χ4v) is 5.34. The Bertz CT molecular complexity index is 1110. The van der Waals surface area contributed by atoms with E-state index in [1.54, 1.807) is 30.3 Å². The SMILES string of the molecule is C[C@@H]1Cc2cc(S(=O)(=O)NCc3ccc4c(c3)OCO4)ccc2N1C(=O)C1CCC1. The second-order valence-corrected chi connectivity index (χ2v) is 9.96. The minimum absolute atomic E-state index is 0.0487. The molecule has 3 aliphatic rings. The van der Waals surface area contributed by atoms with Crippen molar-refractivity contribution < 1.29 is 22.7 Å². The molecule has 158 valence electrons. The second-order valence-electron chi connectivity index (χ2n) is 8.19. The molecule has 2 aromatic carbocycles. The summed E-state index contributed by atoms with van der Waals surface area (Å²) < 4.78 is 39.0. The number of carbonyl (C=O) groups is 1. The Kier molecular flexibility index (Phi) is 4.71. The van der Waals surface area contributed by atoms with Gasteiger partial charge in [-0.25, -0.2) is 13.1 Å². The van der Waals surface area contributed by atoms with Crippen molar-refractivity contribution in [1.82, 2.24) is 4.72 Å². The number of fused-ring (bicyclic) bond motifs is 2. The average Bonchev–Trinajstić information content (AvgIpc) is 3.26. The summed E-state index contributed by atoms with van der Waals surface area (Å²) in [5.74, 6) is 1.57. The molecule has 0 radical (unpaired) electrons. The molecule has 1 amide bonds. The van der Waals surface area contributed by atoms with Crippen LogP contribution < -0.4 is 19.1 Å². The van der Waals surface area contributed by atoms with E-state index in [0.717, 1.165) is 36.1 Å². The zero-order chi connectivity index (χ0) is 20.9. The number of amides is 1. The molecule has 8 heteroatoms. The van der Waals surface area contributed by atoms with E-state index in [1.165, 1.54) is 0 Å². The van der Waals surface area contributed by atoms with Gasteiger partial charge in [0.1, 0.15) is 0 Å². The highest BCUT2D eigenvalue weighted by Gasteiger charge is 2.37. The fraction of sp³-hybridized carbons (Fsp3) is 0.409. The van der Waals surface area contributed by atoms with Crippen LogP contribution in [0.1, 0.15) is 37.3 Å². The number of hydrogen-bond donors (Lipinski definition) is 1. The molecule has 0 spiro atoms. The number of nitrogens with one attached hydrogen (secondary N) is 1. The fourth-order valence-electron chi connectivity index (χ4n) is 4.27. The lowest BCUT2D eigenvalue weighted by Gasteiger charge is -2.32. The zero-order valence-corrected chi connectivity index (χ0v) is 17.6. The van der Waals surface area contributed by atoms with E-state index in [-0.39, 0.29) is 36.1 Å². The normalized spacial score (nSPS) is 20.2. The van der Waals surface area contributed by atoms with Crippen LogP contribution >= 0.6 is 0 Å². The molecule has 1 N–H and O–H groups in total. The smallest absolute Gasteiger partial charge is 0.240 e. The van der Waals surface area contributed by atoms with Crippen molar-refractivity contribution in [3.05, 3.63) is 47.5 Å². The number of anilines is 1. The highest BCUT2D eigenvalue weighted by molar-refractivity contribution is 7.89. The van der Waals surface area contributed by atoms with Crippen LogP contribution in [0, 0.1) is 5.92 Å². The van der Waals surface area contributed by atoms with E-state index in [1.807, 2.05) is 17.9 Å². The standard InChI is InChI=1S/C22H24N2O5S/c1-14-9-17-11-18(6-7-19(17)24(14)22(25)16-3-2-4-16)30(26,27)23-12-15-5-8-20-21(10-15)29-13-28-20/h5-8,10-11,14,16,23H,2-4,9,12-13H2,1H3/t14-/m1/s1. The third kappa shape index (κ3) is 3.33. The number of nitrogens with zero attached hydrogens (tertiary/aromatic N) is 1. The Labute approximate surface area is 176 Å². The molecule has 2 aromatic rings. The van der Waals surface area contributed by atoms with Gasteiger partial charge in [-0.1, -0.05) is 12.5 Å². The highest BCUT2D eigenvalue weighted by Crippen LogP contribution is 2.38. The molecule has 1 aliphatic carbocycles. The number of rotatable bonds is 5. The van der Waals surface area contributed by atoms with E-state index in [9.17, 15) is 13.2 Å². The van der Waals surface area contributed by atoms with Crippen LogP contribution in [0.15, 0.2) is 41.3 Å². The third-order valence-electron chi connectivity index (χ3n) is 6.17. The Hall–Kier alpha value is -2.58. The molecule has 5 rings (SSSR count). The van der Waals surface area contributed by atoms with Gasteiger partial charge in [0, 0.05) is 24.2 Å². The quantitative estimate of drug-likeness (QED) is 0.792. The first-order valence-corrected chi connectivity index (χ1v) is 11.7. The van der Waals surface area contributed by atoms with Crippen LogP contribution in [0.3, 0.4) is 0 Å². The lowest BCUT2D eigenvalue weighted by molar-refractivity contribution is -0.125. The minimum atomic E-state index is -3.68. The predicted molar refractivity (Wildman–Crippen MR) is 111 cm³/mol. The van der Waals surface area contributed by atoms with Gasteiger partial charge in [0.15, 0.2) is 11.5 Å². The summed E-state index contributed by atoms with van der Waals surface area (Å²) in [6.07, 6.45) is 3.68. The van der Waals surface area contributed by atoms with Gasteiger partial charge in [0.25, 0.3) is 0 Å². The molecule has 0 bridgehead atoms. The van der Waals surface area contributed by atoms with Gasteiger partial charge in [0.05, 0.1) is 4.90 Å². The lowest BCUT2D eigenvalue weighted by atomic mass is 9.84. The molecule has 1 saturated carbocycles. The first-order valence-electron chi connectivity index (χ1n) is 10.3. The number of hydrogen-bond acceptors (Lipinski definition) is 5. The Morgan fingerprint density at radius 2 is 1.93 bits per heavy atom. The maximum atomic E-state index is 12.9. The highest BCUT2D eigenvalue weighted by atomic mass is 32.2. The summed E-state index contributed by atoms with van der Waals surface area (Å²) in [5, 5.41) is 0. The van der Waals surface area contributed by atoms with Crippen molar-refractivity contribution in [2.45, 2.75) is 50.1 Å². The van der Waals surface area contributed by atoms with Crippen LogP contribution in [0.4, 0.5) is 5.69 Å². The van der Waals surface area contributed by atoms with Crippen LogP contribution in [0.5, 0.6) is 11.5 Å². The molecule has 0 unspecified atom stereocenters. The summed E-state index contributed by atoms with van der Waals surface area (Å²) in [4.78, 5) is 14.9. The Morgan fingerprint density at radius 3 is 2.70 bits per heavy atom. The number of sulfonamides is 1. The second kappa shape index (κ2) is 7.28. The first kappa shape index (κ1) is 19.4. The van der Waals surface area contributed by atoms with Crippen LogP contribution in [-0.4, -0.2) is 27.2 Å². The maximum absolute atomic E-state index is 12.9. The molecule has 2 heterocycles. The molecule has 1 fully saturated rings. The van der Waals surface area contributed by atoms with E-state index >= 15 is 0 Å². The predicted octanol–water partition coefficient (Wildman–Crippen LogP) is 2.97. The molecule has 2 aliphatic heterocycles. The van der Waals surface area contributed by atoms with Gasteiger partial charge < -0.3 is 14.4 Å². The van der Waals surface area contributed by atoms with E-state index in [0.29, 0.717) is 17.9 Å². The molecule has 0 saturated heterocycles. The van der Waals surface area contributed by atoms with Crippen molar-refractivity contribution in [1.29, 1.82) is 0 Å². The molecule has 0 aromatic heterocycles. The van der Waals surface area contributed by atoms with Crippen molar-refractivity contribution >= 4 is 21.6 Å². The van der Waals surface area contributed by atoms with Crippen molar-refractivity contribution in [3.63, 3.8) is 0 Å². The number of carbonyl (C=O) groups excluding carboxylic acids is 1. The summed E-state index contributed by atoms with van der Waals surface area (Å²) >= 11 is 0. The first-order chi connectivity index (χ1) is 14.4. The van der Waals surface area contributed by atoms with Crippen molar-refractivity contribution in [2.24, 2.45) is 5.92 Å². The molecular formula is C22H24N2O5S. The van der Waals surface area contributed by atoms with Gasteiger partial charge >= 0.3 is 0 Å². The van der Waals surface area contributed by atoms with Gasteiger partial charge in [-0.15, -0.1) is 0 Å². The monoisotopic (exact) mass is 428 g/mol. The molecular weight excluding hydrogens is 404 g/mol. The summed E-state index contributed by atoms with van der Waals surface area (Å²) in [6.45, 7) is 2.35. The van der Waals surface area contributed by atoms with Gasteiger partial charge in [-0.05, 0) is 67.6 Å². The maximum Gasteiger partial charge on any atom is 0.240 e. The Morgan fingerprint density at radius 1 is 1.13 bits per heavy atom. The molecule has 30 heavy (non-hydrogen) atoms. The van der Waals surface area contributed by atoms with E-state index in [4.69, 9.17) is 9.47 Å². The molecule has 7 nitrogen and oxygen atoms in total. The molecule has 1 atom stereocenters. The van der Waals surface area contributed by atoms with Crippen molar-refractivity contribution in [2.75, 3.05) is 11.7 Å². The van der Waals surface area contributed by atoms with Crippen LogP contribution in [0.25, 0.3) is 0 Å². The summed E-state index contributed by atoms with van der Waals surface area (Å²) in [7, 11) is -3.68. The third-order valence-corrected chi connectivity index (χ3v) is 7.57. The van der Waals surface area contributed by atoms with E-state index < -0.39 is 10.0 Å². The van der Waals surface area contributed by atoms with Crippen molar-refractivity contribution in [3.8, 4) is 11.5 Å². The largest absolute Gasteiger partial charge is 0.454 e. The number of benzene rings is 2. The van der Waals surface area contributed by atoms with Gasteiger partial charge in [-0.3, -0.25) is 4.79 Å². The zero-order valence-electron chi connectivity index (χ0n) is 16.8. The Balaban J connectivity index is 1.33. The summed E-state index contributed by atoms with van der Waals surface area (Å²) in [5.41, 5.74) is 2.53. The summed E-state index contributed by atoms with van der Waals surface area (Å²) in [6, 6.07) is 10.5. The minimum Gasteiger partial charge on any atom is -0.454 e.